The number of para-hydroxylation sites is 1. The number of aromatic nitrogens is 1. The van der Waals surface area contributed by atoms with Gasteiger partial charge in [0.05, 0.1) is 4.92 Å². The van der Waals surface area contributed by atoms with Gasteiger partial charge in [0.15, 0.2) is 0 Å². The van der Waals surface area contributed by atoms with Crippen molar-refractivity contribution < 1.29 is 14.5 Å². The summed E-state index contributed by atoms with van der Waals surface area (Å²) in [6, 6.07) is 14.3. The quantitative estimate of drug-likeness (QED) is 0.506. The number of fused-ring (bicyclic) bond motifs is 1. The highest BCUT2D eigenvalue weighted by Crippen LogP contribution is 2.35. The summed E-state index contributed by atoms with van der Waals surface area (Å²) >= 11 is 0. The van der Waals surface area contributed by atoms with Gasteiger partial charge in [0.25, 0.3) is 5.69 Å². The lowest BCUT2D eigenvalue weighted by Gasteiger charge is -2.35. The molecule has 160 valence electrons. The van der Waals surface area contributed by atoms with Gasteiger partial charge in [-0.1, -0.05) is 30.3 Å². The first-order valence-electron chi connectivity index (χ1n) is 10.3. The van der Waals surface area contributed by atoms with Crippen molar-refractivity contribution in [2.75, 3.05) is 26.2 Å². The number of nitrogens with one attached hydrogen (secondary N) is 1. The van der Waals surface area contributed by atoms with Crippen LogP contribution in [0.4, 0.5) is 5.69 Å². The van der Waals surface area contributed by atoms with Gasteiger partial charge in [0.2, 0.25) is 11.8 Å². The molecule has 1 saturated heterocycles. The third-order valence-electron chi connectivity index (χ3n) is 5.94. The number of hydrogen-bond donors (Lipinski definition) is 1. The van der Waals surface area contributed by atoms with Gasteiger partial charge in [-0.3, -0.25) is 19.7 Å². The van der Waals surface area contributed by atoms with Crippen molar-refractivity contribution in [1.29, 1.82) is 0 Å². The molecule has 1 atom stereocenters. The fourth-order valence-corrected chi connectivity index (χ4v) is 4.22. The highest BCUT2D eigenvalue weighted by atomic mass is 16.6. The Bertz CT molecular complexity index is 1130. The molecule has 0 unspecified atom stereocenters. The molecular weight excluding hydrogens is 396 g/mol. The highest BCUT2D eigenvalue weighted by Gasteiger charge is 2.28. The smallest absolute Gasteiger partial charge is 0.269 e. The van der Waals surface area contributed by atoms with Crippen molar-refractivity contribution in [3.63, 3.8) is 0 Å². The molecule has 8 heteroatoms. The maximum Gasteiger partial charge on any atom is 0.269 e. The molecule has 1 N–H and O–H groups in total. The number of piperazine rings is 1. The zero-order valence-corrected chi connectivity index (χ0v) is 17.3. The van der Waals surface area contributed by atoms with E-state index in [1.54, 1.807) is 21.9 Å². The number of nitro groups is 1. The number of rotatable bonds is 5. The maximum atomic E-state index is 13.2. The van der Waals surface area contributed by atoms with Crippen LogP contribution in [0.3, 0.4) is 0 Å². The van der Waals surface area contributed by atoms with E-state index >= 15 is 0 Å². The Morgan fingerprint density at radius 2 is 1.77 bits per heavy atom. The fourth-order valence-electron chi connectivity index (χ4n) is 4.22. The Labute approximate surface area is 179 Å². The number of H-pyrrole nitrogens is 1. The van der Waals surface area contributed by atoms with Crippen LogP contribution in [0.1, 0.15) is 30.4 Å². The average Bonchev–Trinajstić information content (AvgIpc) is 3.21. The number of nitro benzene ring substituents is 1. The fraction of sp³-hybridized carbons (Fsp3) is 0.304. The van der Waals surface area contributed by atoms with Crippen LogP contribution in [-0.2, 0) is 9.59 Å². The predicted octanol–water partition coefficient (Wildman–Crippen LogP) is 3.29. The minimum absolute atomic E-state index is 0.00450. The van der Waals surface area contributed by atoms with Crippen molar-refractivity contribution >= 4 is 28.4 Å². The highest BCUT2D eigenvalue weighted by molar-refractivity contribution is 5.86. The van der Waals surface area contributed by atoms with Crippen molar-refractivity contribution in [2.24, 2.45) is 0 Å². The van der Waals surface area contributed by atoms with E-state index in [9.17, 15) is 19.7 Å². The van der Waals surface area contributed by atoms with E-state index in [1.165, 1.54) is 13.0 Å². The van der Waals surface area contributed by atoms with Gasteiger partial charge in [0.1, 0.15) is 0 Å². The molecule has 1 aliphatic heterocycles. The number of aromatic amines is 1. The summed E-state index contributed by atoms with van der Waals surface area (Å²) < 4.78 is 0. The molecule has 0 spiro atoms. The molecule has 3 aromatic rings. The third kappa shape index (κ3) is 4.28. The minimum Gasteiger partial charge on any atom is -0.361 e. The van der Waals surface area contributed by atoms with E-state index in [-0.39, 0.29) is 29.8 Å². The van der Waals surface area contributed by atoms with E-state index in [0.29, 0.717) is 26.2 Å². The molecule has 2 heterocycles. The van der Waals surface area contributed by atoms with Gasteiger partial charge in [-0.2, -0.15) is 0 Å². The maximum absolute atomic E-state index is 13.2. The molecule has 1 aliphatic rings. The van der Waals surface area contributed by atoms with Gasteiger partial charge in [-0.15, -0.1) is 0 Å². The van der Waals surface area contributed by atoms with E-state index in [0.717, 1.165) is 22.0 Å². The summed E-state index contributed by atoms with van der Waals surface area (Å²) in [5.74, 6) is -0.334. The van der Waals surface area contributed by atoms with Crippen LogP contribution in [-0.4, -0.2) is 57.7 Å². The molecule has 0 bridgehead atoms. The molecule has 0 saturated carbocycles. The minimum atomic E-state index is -0.418. The first kappa shape index (κ1) is 20.6. The van der Waals surface area contributed by atoms with Crippen molar-refractivity contribution in [3.05, 3.63) is 76.0 Å². The van der Waals surface area contributed by atoms with Crippen LogP contribution in [0.2, 0.25) is 0 Å². The Hall–Kier alpha value is -3.68. The van der Waals surface area contributed by atoms with Crippen LogP contribution >= 0.6 is 0 Å². The van der Waals surface area contributed by atoms with Gasteiger partial charge in [0, 0.05) is 74.7 Å². The summed E-state index contributed by atoms with van der Waals surface area (Å²) in [7, 11) is 0. The Kier molecular flexibility index (Phi) is 5.70. The van der Waals surface area contributed by atoms with Gasteiger partial charge in [-0.25, -0.2) is 0 Å². The molecule has 8 nitrogen and oxygen atoms in total. The van der Waals surface area contributed by atoms with E-state index in [2.05, 4.69) is 4.98 Å². The standard InChI is InChI=1S/C23H24N4O4/c1-16(28)25-9-11-26(12-10-25)23(29)14-20(17-5-4-6-18(13-17)27(30)31)21-15-24-22-8-3-2-7-19(21)22/h2-8,13,15,20,24H,9-12,14H2,1H3/t20-/m1/s1. The van der Waals surface area contributed by atoms with Crippen molar-refractivity contribution in [3.8, 4) is 0 Å². The largest absolute Gasteiger partial charge is 0.361 e. The summed E-state index contributed by atoms with van der Waals surface area (Å²) in [6.45, 7) is 3.57. The van der Waals surface area contributed by atoms with E-state index in [1.807, 2.05) is 36.5 Å². The molecule has 1 fully saturated rings. The Morgan fingerprint density at radius 1 is 1.06 bits per heavy atom. The molecule has 2 aromatic carbocycles. The summed E-state index contributed by atoms with van der Waals surface area (Å²) in [6.07, 6.45) is 2.08. The second kappa shape index (κ2) is 8.59. The number of carbonyl (C=O) groups excluding carboxylic acids is 2. The lowest BCUT2D eigenvalue weighted by Crippen LogP contribution is -2.50. The number of non-ortho nitro benzene ring substituents is 1. The lowest BCUT2D eigenvalue weighted by atomic mass is 9.87. The molecule has 1 aromatic heterocycles. The summed E-state index contributed by atoms with van der Waals surface area (Å²) in [5, 5.41) is 12.3. The lowest BCUT2D eigenvalue weighted by molar-refractivity contribution is -0.384. The van der Waals surface area contributed by atoms with Crippen LogP contribution in [0.5, 0.6) is 0 Å². The first-order chi connectivity index (χ1) is 14.9. The zero-order valence-electron chi connectivity index (χ0n) is 17.3. The van der Waals surface area contributed by atoms with Crippen LogP contribution < -0.4 is 0 Å². The number of benzene rings is 2. The van der Waals surface area contributed by atoms with Crippen LogP contribution in [0.15, 0.2) is 54.7 Å². The normalized spacial score (nSPS) is 15.1. The molecule has 4 rings (SSSR count). The Balaban J connectivity index is 1.65. The van der Waals surface area contributed by atoms with Gasteiger partial charge >= 0.3 is 0 Å². The van der Waals surface area contributed by atoms with Crippen LogP contribution in [0, 0.1) is 10.1 Å². The molecule has 0 radical (unpaired) electrons. The Morgan fingerprint density at radius 3 is 2.48 bits per heavy atom. The number of carbonyl (C=O) groups is 2. The van der Waals surface area contributed by atoms with Gasteiger partial charge < -0.3 is 14.8 Å². The van der Waals surface area contributed by atoms with E-state index < -0.39 is 4.92 Å². The number of nitrogens with zero attached hydrogens (tertiary/aromatic N) is 3. The summed E-state index contributed by atoms with van der Waals surface area (Å²) in [5.41, 5.74) is 2.63. The van der Waals surface area contributed by atoms with Crippen molar-refractivity contribution in [2.45, 2.75) is 19.3 Å². The van der Waals surface area contributed by atoms with E-state index in [4.69, 9.17) is 0 Å². The monoisotopic (exact) mass is 420 g/mol. The topological polar surface area (TPSA) is 99.6 Å². The molecule has 0 aliphatic carbocycles. The average molecular weight is 420 g/mol. The predicted molar refractivity (Wildman–Crippen MR) is 117 cm³/mol. The second-order valence-electron chi connectivity index (χ2n) is 7.79. The second-order valence-corrected chi connectivity index (χ2v) is 7.79. The number of amides is 2. The molecule has 31 heavy (non-hydrogen) atoms. The van der Waals surface area contributed by atoms with Crippen LogP contribution in [0.25, 0.3) is 10.9 Å². The zero-order chi connectivity index (χ0) is 22.0. The summed E-state index contributed by atoms with van der Waals surface area (Å²) in [4.78, 5) is 42.4. The first-order valence-corrected chi connectivity index (χ1v) is 10.3. The SMILES string of the molecule is CC(=O)N1CCN(C(=O)C[C@H](c2cccc([N+](=O)[O-])c2)c2c[nH]c3ccccc23)CC1. The van der Waals surface area contributed by atoms with Gasteiger partial charge in [-0.05, 0) is 17.2 Å². The number of hydrogen-bond acceptors (Lipinski definition) is 4. The van der Waals surface area contributed by atoms with Crippen molar-refractivity contribution in [1.82, 2.24) is 14.8 Å². The molecular formula is C23H24N4O4. The third-order valence-corrected chi connectivity index (χ3v) is 5.94. The molecule has 2 amide bonds.